The summed E-state index contributed by atoms with van der Waals surface area (Å²) >= 11 is 0. The molecule has 11 heteroatoms. The van der Waals surface area contributed by atoms with Crippen LogP contribution in [0.25, 0.3) is 22.3 Å². The lowest BCUT2D eigenvalue weighted by atomic mass is 9.86. The number of morpholine rings is 1. The average molecular weight is 461 g/mol. The molecule has 5 heterocycles. The standard InChI is InChI=1S/C22H26F3N7O/c1-12-10-13(4-5-27-12)18-17(22(23,24)25)19(31-21(26)30-18)15-11-28-20-14(15)2-3-16(29-20)32-6-8-33-9-7-32/h2-3,11-13,27H,4-10H2,1H3,(H,28,29)(H2,26,30,31)/t12-,13-/m1/s1. The first-order chi connectivity index (χ1) is 15.8. The van der Waals surface area contributed by atoms with Crippen molar-refractivity contribution >= 4 is 22.8 Å². The van der Waals surface area contributed by atoms with Gasteiger partial charge in [0.1, 0.15) is 17.0 Å². The minimum absolute atomic E-state index is 0.0226. The maximum Gasteiger partial charge on any atom is 0.420 e. The highest BCUT2D eigenvalue weighted by Gasteiger charge is 2.41. The first kappa shape index (κ1) is 21.9. The number of nitrogens with zero attached hydrogens (tertiary/aromatic N) is 4. The fourth-order valence-corrected chi connectivity index (χ4v) is 4.81. The summed E-state index contributed by atoms with van der Waals surface area (Å²) in [7, 11) is 0. The Labute approximate surface area is 188 Å². The highest BCUT2D eigenvalue weighted by atomic mass is 19.4. The third-order valence-electron chi connectivity index (χ3n) is 6.36. The Morgan fingerprint density at radius 3 is 2.67 bits per heavy atom. The molecule has 0 radical (unpaired) electrons. The van der Waals surface area contributed by atoms with Crippen LogP contribution in [0.3, 0.4) is 0 Å². The maximum absolute atomic E-state index is 14.4. The van der Waals surface area contributed by atoms with Crippen LogP contribution in [-0.4, -0.2) is 58.8 Å². The molecule has 8 nitrogen and oxygen atoms in total. The summed E-state index contributed by atoms with van der Waals surface area (Å²) in [5.74, 6) is 0.242. The zero-order valence-electron chi connectivity index (χ0n) is 18.2. The molecule has 4 N–H and O–H groups in total. The van der Waals surface area contributed by atoms with Gasteiger partial charge in [-0.05, 0) is 38.4 Å². The molecule has 33 heavy (non-hydrogen) atoms. The quantitative estimate of drug-likeness (QED) is 0.550. The van der Waals surface area contributed by atoms with E-state index in [-0.39, 0.29) is 29.3 Å². The third-order valence-corrected chi connectivity index (χ3v) is 6.36. The van der Waals surface area contributed by atoms with E-state index < -0.39 is 11.7 Å². The van der Waals surface area contributed by atoms with Crippen LogP contribution in [0, 0.1) is 0 Å². The fraction of sp³-hybridized carbons (Fsp3) is 0.500. The number of aromatic amines is 1. The molecule has 3 aromatic rings. The molecule has 0 aliphatic carbocycles. The zero-order chi connectivity index (χ0) is 23.2. The van der Waals surface area contributed by atoms with Gasteiger partial charge in [0, 0.05) is 42.2 Å². The van der Waals surface area contributed by atoms with E-state index in [1.54, 1.807) is 6.07 Å². The normalized spacial score (nSPS) is 22.1. The minimum Gasteiger partial charge on any atom is -0.378 e. The number of ether oxygens (including phenoxy) is 1. The van der Waals surface area contributed by atoms with E-state index in [0.717, 1.165) is 5.82 Å². The molecule has 3 aromatic heterocycles. The Morgan fingerprint density at radius 1 is 1.15 bits per heavy atom. The fourth-order valence-electron chi connectivity index (χ4n) is 4.81. The summed E-state index contributed by atoms with van der Waals surface area (Å²) in [6, 6.07) is 3.70. The van der Waals surface area contributed by atoms with Crippen LogP contribution in [0.4, 0.5) is 24.9 Å². The highest BCUT2D eigenvalue weighted by molar-refractivity contribution is 5.94. The van der Waals surface area contributed by atoms with Gasteiger partial charge in [-0.1, -0.05) is 0 Å². The number of hydrogen-bond donors (Lipinski definition) is 3. The molecule has 176 valence electrons. The minimum atomic E-state index is -4.63. The predicted molar refractivity (Wildman–Crippen MR) is 119 cm³/mol. The van der Waals surface area contributed by atoms with Gasteiger partial charge in [0.15, 0.2) is 0 Å². The predicted octanol–water partition coefficient (Wildman–Crippen LogP) is 3.31. The van der Waals surface area contributed by atoms with Crippen molar-refractivity contribution in [3.8, 4) is 11.3 Å². The van der Waals surface area contributed by atoms with E-state index in [0.29, 0.717) is 62.3 Å². The van der Waals surface area contributed by atoms with Gasteiger partial charge >= 0.3 is 6.18 Å². The number of aromatic nitrogens is 4. The van der Waals surface area contributed by atoms with E-state index in [1.165, 1.54) is 6.20 Å². The Kier molecular flexibility index (Phi) is 5.61. The van der Waals surface area contributed by atoms with Crippen molar-refractivity contribution in [1.82, 2.24) is 25.3 Å². The molecule has 0 saturated carbocycles. The van der Waals surface area contributed by atoms with Crippen molar-refractivity contribution in [2.24, 2.45) is 0 Å². The van der Waals surface area contributed by atoms with Gasteiger partial charge in [0.2, 0.25) is 5.95 Å². The Morgan fingerprint density at radius 2 is 1.94 bits per heavy atom. The molecule has 2 aliphatic rings. The molecule has 2 atom stereocenters. The SMILES string of the molecule is C[C@@H]1C[C@H](c2nc(N)nc(-c3c[nH]c4nc(N5CCOCC5)ccc34)c2C(F)(F)F)CCN1. The van der Waals surface area contributed by atoms with Crippen LogP contribution >= 0.6 is 0 Å². The molecule has 0 unspecified atom stereocenters. The highest BCUT2D eigenvalue weighted by Crippen LogP contribution is 2.44. The topological polar surface area (TPSA) is 105 Å². The van der Waals surface area contributed by atoms with Gasteiger partial charge in [-0.2, -0.15) is 13.2 Å². The number of halogens is 3. The van der Waals surface area contributed by atoms with Gasteiger partial charge in [-0.25, -0.2) is 15.0 Å². The smallest absolute Gasteiger partial charge is 0.378 e. The van der Waals surface area contributed by atoms with Crippen molar-refractivity contribution in [2.75, 3.05) is 43.5 Å². The van der Waals surface area contributed by atoms with Gasteiger partial charge < -0.3 is 25.7 Å². The molecule has 2 aliphatic heterocycles. The molecular weight excluding hydrogens is 435 g/mol. The number of nitrogens with two attached hydrogens (primary N) is 1. The lowest BCUT2D eigenvalue weighted by molar-refractivity contribution is -0.138. The first-order valence-electron chi connectivity index (χ1n) is 11.1. The number of nitrogens with one attached hydrogen (secondary N) is 2. The lowest BCUT2D eigenvalue weighted by Gasteiger charge is -2.30. The van der Waals surface area contributed by atoms with Gasteiger partial charge in [0.05, 0.1) is 24.6 Å². The van der Waals surface area contributed by atoms with E-state index in [9.17, 15) is 13.2 Å². The second kappa shape index (κ2) is 8.45. The summed E-state index contributed by atoms with van der Waals surface area (Å²) in [5, 5.41) is 3.83. The monoisotopic (exact) mass is 461 g/mol. The van der Waals surface area contributed by atoms with Crippen molar-refractivity contribution < 1.29 is 17.9 Å². The number of alkyl halides is 3. The summed E-state index contributed by atoms with van der Waals surface area (Å²) < 4.78 is 48.6. The molecule has 0 aromatic carbocycles. The Balaban J connectivity index is 1.62. The number of H-pyrrole nitrogens is 1. The summed E-state index contributed by atoms with van der Waals surface area (Å²) in [6.45, 7) is 5.24. The molecule has 5 rings (SSSR count). The number of anilines is 2. The first-order valence-corrected chi connectivity index (χ1v) is 11.1. The lowest BCUT2D eigenvalue weighted by Crippen LogP contribution is -2.36. The van der Waals surface area contributed by atoms with E-state index >= 15 is 0 Å². The van der Waals surface area contributed by atoms with Crippen LogP contribution < -0.4 is 16.0 Å². The Hall–Kier alpha value is -2.92. The van der Waals surface area contributed by atoms with E-state index in [1.807, 2.05) is 13.0 Å². The van der Waals surface area contributed by atoms with Crippen LogP contribution in [0.5, 0.6) is 0 Å². The number of fused-ring (bicyclic) bond motifs is 1. The van der Waals surface area contributed by atoms with Crippen LogP contribution in [0.2, 0.25) is 0 Å². The second-order valence-electron chi connectivity index (χ2n) is 8.63. The maximum atomic E-state index is 14.4. The van der Waals surface area contributed by atoms with Gasteiger partial charge in [-0.3, -0.25) is 0 Å². The average Bonchev–Trinajstić information content (AvgIpc) is 3.21. The molecule has 2 saturated heterocycles. The Bertz CT molecular complexity index is 1160. The van der Waals surface area contributed by atoms with Crippen molar-refractivity contribution in [3.63, 3.8) is 0 Å². The molecular formula is C22H26F3N7O. The van der Waals surface area contributed by atoms with Gasteiger partial charge in [-0.15, -0.1) is 0 Å². The van der Waals surface area contributed by atoms with E-state index in [4.69, 9.17) is 10.5 Å². The molecule has 0 bridgehead atoms. The van der Waals surface area contributed by atoms with Crippen molar-refractivity contribution in [2.45, 2.75) is 37.9 Å². The third kappa shape index (κ3) is 4.22. The zero-order valence-corrected chi connectivity index (χ0v) is 18.2. The number of rotatable bonds is 3. The van der Waals surface area contributed by atoms with Gasteiger partial charge in [0.25, 0.3) is 0 Å². The largest absolute Gasteiger partial charge is 0.420 e. The summed E-state index contributed by atoms with van der Waals surface area (Å²) in [6.07, 6.45) is -2.00. The van der Waals surface area contributed by atoms with Crippen LogP contribution in [-0.2, 0) is 10.9 Å². The van der Waals surface area contributed by atoms with Crippen LogP contribution in [0.15, 0.2) is 18.3 Å². The number of piperidine rings is 1. The molecule has 2 fully saturated rings. The van der Waals surface area contributed by atoms with E-state index in [2.05, 4.69) is 30.2 Å². The van der Waals surface area contributed by atoms with Crippen LogP contribution in [0.1, 0.15) is 36.9 Å². The molecule has 0 spiro atoms. The molecule has 0 amide bonds. The number of nitrogen functional groups attached to an aromatic ring is 1. The summed E-state index contributed by atoms with van der Waals surface area (Å²) in [4.78, 5) is 17.9. The number of pyridine rings is 1. The second-order valence-corrected chi connectivity index (χ2v) is 8.63. The van der Waals surface area contributed by atoms with Crippen molar-refractivity contribution in [1.29, 1.82) is 0 Å². The summed E-state index contributed by atoms with van der Waals surface area (Å²) in [5.41, 5.74) is 5.71. The number of hydrogen-bond acceptors (Lipinski definition) is 7. The van der Waals surface area contributed by atoms with Crippen molar-refractivity contribution in [3.05, 3.63) is 29.6 Å².